The third kappa shape index (κ3) is 11.1. The zero-order chi connectivity index (χ0) is 27.0. The summed E-state index contributed by atoms with van der Waals surface area (Å²) in [6.45, 7) is 5.99. The van der Waals surface area contributed by atoms with Crippen molar-refractivity contribution in [2.24, 2.45) is 0 Å². The fraction of sp³-hybridized carbons (Fsp3) is 0.500. The summed E-state index contributed by atoms with van der Waals surface area (Å²) in [7, 11) is 0. The van der Waals surface area contributed by atoms with Crippen molar-refractivity contribution in [3.63, 3.8) is 0 Å². The van der Waals surface area contributed by atoms with Crippen LogP contribution in [-0.4, -0.2) is 24.0 Å². The minimum Gasteiger partial charge on any atom is -0.459 e. The molecule has 0 heterocycles. The molecule has 2 rings (SSSR count). The maximum absolute atomic E-state index is 14.5. The number of rotatable bonds is 16. The van der Waals surface area contributed by atoms with Crippen LogP contribution in [0.5, 0.6) is 11.5 Å². The maximum atomic E-state index is 14.5. The van der Waals surface area contributed by atoms with Crippen LogP contribution in [0.3, 0.4) is 0 Å². The largest absolute Gasteiger partial charge is 0.459 e. The van der Waals surface area contributed by atoms with Gasteiger partial charge in [0.05, 0.1) is 17.2 Å². The van der Waals surface area contributed by atoms with Gasteiger partial charge in [-0.05, 0) is 56.2 Å². The maximum Gasteiger partial charge on any atom is 0.343 e. The first kappa shape index (κ1) is 30.0. The first-order chi connectivity index (χ1) is 17.8. The van der Waals surface area contributed by atoms with Gasteiger partial charge in [0.2, 0.25) is 0 Å². The van der Waals surface area contributed by atoms with E-state index in [1.807, 2.05) is 6.92 Å². The molecule has 0 amide bonds. The van der Waals surface area contributed by atoms with Crippen molar-refractivity contribution in [1.29, 1.82) is 0 Å². The number of halogens is 1. The van der Waals surface area contributed by atoms with E-state index in [4.69, 9.17) is 14.2 Å². The third-order valence-electron chi connectivity index (χ3n) is 5.95. The highest BCUT2D eigenvalue weighted by molar-refractivity contribution is 5.92. The number of benzene rings is 2. The zero-order valence-corrected chi connectivity index (χ0v) is 22.2. The molecule has 7 heteroatoms. The Kier molecular flexibility index (Phi) is 13.4. The van der Waals surface area contributed by atoms with Crippen LogP contribution in [0.2, 0.25) is 0 Å². The number of hydrogen-bond donors (Lipinski definition) is 0. The number of carbonyl (C=O) groups is 3. The average Bonchev–Trinajstić information content (AvgIpc) is 2.87. The fourth-order valence-corrected chi connectivity index (χ4v) is 3.76. The lowest BCUT2D eigenvalue weighted by Crippen LogP contribution is -2.16. The second-order valence-electron chi connectivity index (χ2n) is 9.26. The molecule has 1 unspecified atom stereocenters. The van der Waals surface area contributed by atoms with Crippen molar-refractivity contribution in [1.82, 2.24) is 0 Å². The van der Waals surface area contributed by atoms with Gasteiger partial charge >= 0.3 is 17.9 Å². The molecular formula is C30H39FO6. The molecule has 0 bridgehead atoms. The van der Waals surface area contributed by atoms with E-state index in [-0.39, 0.29) is 28.9 Å². The van der Waals surface area contributed by atoms with Gasteiger partial charge < -0.3 is 14.2 Å². The van der Waals surface area contributed by atoms with Gasteiger partial charge in [-0.15, -0.1) is 0 Å². The third-order valence-corrected chi connectivity index (χ3v) is 5.95. The smallest absolute Gasteiger partial charge is 0.343 e. The summed E-state index contributed by atoms with van der Waals surface area (Å²) in [4.78, 5) is 36.7. The number of ether oxygens (including phenoxy) is 3. The minimum atomic E-state index is -0.832. The average molecular weight is 515 g/mol. The number of hydrogen-bond acceptors (Lipinski definition) is 6. The molecule has 2 aromatic carbocycles. The van der Waals surface area contributed by atoms with Crippen LogP contribution in [0, 0.1) is 5.82 Å². The SMILES string of the molecule is CCCCCCCCCC(=O)Oc1ccc(C(=O)Oc2ccc(C(=O)OC(C)CCCC)c(F)c2)cc1. The molecule has 0 aliphatic heterocycles. The molecule has 0 aromatic heterocycles. The zero-order valence-electron chi connectivity index (χ0n) is 22.2. The molecule has 0 spiro atoms. The second-order valence-corrected chi connectivity index (χ2v) is 9.26. The Morgan fingerprint density at radius 2 is 1.38 bits per heavy atom. The first-order valence-electron chi connectivity index (χ1n) is 13.4. The predicted molar refractivity (Wildman–Crippen MR) is 140 cm³/mol. The number of unbranched alkanes of at least 4 members (excludes halogenated alkanes) is 7. The minimum absolute atomic E-state index is 0.0386. The second kappa shape index (κ2) is 16.5. The molecule has 0 saturated carbocycles. The summed E-state index contributed by atoms with van der Waals surface area (Å²) in [6.07, 6.45) is 10.5. The molecule has 0 saturated heterocycles. The Labute approximate surface area is 219 Å². The quantitative estimate of drug-likeness (QED) is 0.129. The molecule has 37 heavy (non-hydrogen) atoms. The van der Waals surface area contributed by atoms with Crippen LogP contribution in [0.25, 0.3) is 0 Å². The van der Waals surface area contributed by atoms with E-state index in [1.165, 1.54) is 62.1 Å². The van der Waals surface area contributed by atoms with Crippen LogP contribution in [0.15, 0.2) is 42.5 Å². The fourth-order valence-electron chi connectivity index (χ4n) is 3.76. The number of carbonyl (C=O) groups excluding carboxylic acids is 3. The standard InChI is InChI=1S/C30H39FO6/c1-4-6-8-9-10-11-12-14-28(32)36-24-17-15-23(16-18-24)29(33)37-25-19-20-26(27(31)21-25)30(34)35-22(3)13-7-5-2/h15-22H,4-14H2,1-3H3. The molecule has 0 N–H and O–H groups in total. The van der Waals surface area contributed by atoms with Crippen LogP contribution < -0.4 is 9.47 Å². The highest BCUT2D eigenvalue weighted by atomic mass is 19.1. The monoisotopic (exact) mass is 514 g/mol. The predicted octanol–water partition coefficient (Wildman–Crippen LogP) is 7.83. The summed E-state index contributed by atoms with van der Waals surface area (Å²) in [6, 6.07) is 9.52. The van der Waals surface area contributed by atoms with Crippen LogP contribution >= 0.6 is 0 Å². The summed E-state index contributed by atoms with van der Waals surface area (Å²) in [5.41, 5.74) is -0.00803. The summed E-state index contributed by atoms with van der Waals surface area (Å²) >= 11 is 0. The van der Waals surface area contributed by atoms with E-state index in [1.54, 1.807) is 6.92 Å². The van der Waals surface area contributed by atoms with Gasteiger partial charge in [0.25, 0.3) is 0 Å². The van der Waals surface area contributed by atoms with Crippen molar-refractivity contribution in [3.05, 3.63) is 59.4 Å². The molecular weight excluding hydrogens is 475 g/mol. The molecule has 0 fully saturated rings. The van der Waals surface area contributed by atoms with Gasteiger partial charge in [0.15, 0.2) is 0 Å². The Hall–Kier alpha value is -3.22. The van der Waals surface area contributed by atoms with E-state index in [2.05, 4.69) is 6.92 Å². The summed E-state index contributed by atoms with van der Waals surface area (Å²) in [5.74, 6) is -2.30. The lowest BCUT2D eigenvalue weighted by molar-refractivity contribution is -0.134. The van der Waals surface area contributed by atoms with E-state index in [0.29, 0.717) is 18.6 Å². The number of esters is 3. The molecule has 6 nitrogen and oxygen atoms in total. The highest BCUT2D eigenvalue weighted by Gasteiger charge is 2.18. The van der Waals surface area contributed by atoms with E-state index < -0.39 is 17.8 Å². The van der Waals surface area contributed by atoms with E-state index in [0.717, 1.165) is 38.2 Å². The Bertz CT molecular complexity index is 1000. The van der Waals surface area contributed by atoms with Gasteiger partial charge in [-0.3, -0.25) is 4.79 Å². The Balaban J connectivity index is 1.82. The van der Waals surface area contributed by atoms with Crippen molar-refractivity contribution >= 4 is 17.9 Å². The van der Waals surface area contributed by atoms with Crippen molar-refractivity contribution < 1.29 is 33.0 Å². The van der Waals surface area contributed by atoms with Gasteiger partial charge in [-0.2, -0.15) is 0 Å². The van der Waals surface area contributed by atoms with Crippen molar-refractivity contribution in [2.45, 2.75) is 97.5 Å². The Morgan fingerprint density at radius 3 is 2.03 bits per heavy atom. The molecule has 0 aliphatic rings. The topological polar surface area (TPSA) is 78.9 Å². The van der Waals surface area contributed by atoms with Crippen molar-refractivity contribution in [3.8, 4) is 11.5 Å². The first-order valence-corrected chi connectivity index (χ1v) is 13.4. The van der Waals surface area contributed by atoms with E-state index in [9.17, 15) is 18.8 Å². The van der Waals surface area contributed by atoms with Crippen LogP contribution in [0.4, 0.5) is 4.39 Å². The summed E-state index contributed by atoms with van der Waals surface area (Å²) < 4.78 is 30.3. The van der Waals surface area contributed by atoms with Gasteiger partial charge in [-0.25, -0.2) is 14.0 Å². The molecule has 0 aliphatic carbocycles. The molecule has 2 aromatic rings. The molecule has 202 valence electrons. The highest BCUT2D eigenvalue weighted by Crippen LogP contribution is 2.21. The van der Waals surface area contributed by atoms with Gasteiger partial charge in [0, 0.05) is 12.5 Å². The lowest BCUT2D eigenvalue weighted by Gasteiger charge is -2.13. The van der Waals surface area contributed by atoms with Crippen LogP contribution in [0.1, 0.15) is 112 Å². The summed E-state index contributed by atoms with van der Waals surface area (Å²) in [5, 5.41) is 0. The molecule has 1 atom stereocenters. The Morgan fingerprint density at radius 1 is 0.757 bits per heavy atom. The lowest BCUT2D eigenvalue weighted by atomic mass is 10.1. The molecule has 0 radical (unpaired) electrons. The van der Waals surface area contributed by atoms with Crippen molar-refractivity contribution in [2.75, 3.05) is 0 Å². The van der Waals surface area contributed by atoms with Gasteiger partial charge in [0.1, 0.15) is 17.3 Å². The van der Waals surface area contributed by atoms with E-state index >= 15 is 0 Å². The van der Waals surface area contributed by atoms with Crippen LogP contribution in [-0.2, 0) is 9.53 Å². The van der Waals surface area contributed by atoms with Gasteiger partial charge in [-0.1, -0.05) is 65.2 Å². The normalized spacial score (nSPS) is 11.6.